The fourth-order valence-corrected chi connectivity index (χ4v) is 2.06. The number of β-amino-alcohol motifs (C(OH)–C–C–N with tert-alkyl or cyclic N) is 1. The number of carbonyl (C=O) groups is 1. The normalized spacial score (nSPS) is 19.5. The van der Waals surface area contributed by atoms with Gasteiger partial charge < -0.3 is 15.7 Å². The van der Waals surface area contributed by atoms with Crippen molar-refractivity contribution < 1.29 is 9.90 Å². The number of aliphatic hydroxyl groups is 1. The van der Waals surface area contributed by atoms with E-state index in [4.69, 9.17) is 5.73 Å². The van der Waals surface area contributed by atoms with Crippen molar-refractivity contribution in [1.82, 2.24) is 9.80 Å². The molecule has 1 aliphatic heterocycles. The van der Waals surface area contributed by atoms with Gasteiger partial charge in [0.15, 0.2) is 0 Å². The molecule has 1 saturated heterocycles. The number of hydrogen-bond donors (Lipinski definition) is 2. The van der Waals surface area contributed by atoms with Crippen LogP contribution >= 0.6 is 0 Å². The van der Waals surface area contributed by atoms with Crippen LogP contribution in [0.3, 0.4) is 0 Å². The average molecular weight is 243 g/mol. The average Bonchev–Trinajstić information content (AvgIpc) is 2.14. The highest BCUT2D eigenvalue weighted by Gasteiger charge is 2.31. The summed E-state index contributed by atoms with van der Waals surface area (Å²) in [6.45, 7) is 10.7. The Labute approximate surface area is 104 Å². The molecule has 0 aromatic carbocycles. The molecule has 0 spiro atoms. The van der Waals surface area contributed by atoms with Crippen molar-refractivity contribution in [2.75, 3.05) is 32.7 Å². The van der Waals surface area contributed by atoms with Crippen molar-refractivity contribution in [3.8, 4) is 0 Å². The molecule has 0 bridgehead atoms. The molecule has 0 aromatic heterocycles. The second-order valence-corrected chi connectivity index (χ2v) is 6.10. The van der Waals surface area contributed by atoms with Crippen molar-refractivity contribution in [3.63, 3.8) is 0 Å². The highest BCUT2D eigenvalue weighted by atomic mass is 16.3. The third-order valence-electron chi connectivity index (χ3n) is 2.82. The first-order valence-corrected chi connectivity index (χ1v) is 6.12. The van der Waals surface area contributed by atoms with Crippen LogP contribution in [0.2, 0.25) is 0 Å². The van der Waals surface area contributed by atoms with Gasteiger partial charge in [-0.25, -0.2) is 0 Å². The Morgan fingerprint density at radius 2 is 1.65 bits per heavy atom. The van der Waals surface area contributed by atoms with Crippen molar-refractivity contribution in [2.45, 2.75) is 38.8 Å². The van der Waals surface area contributed by atoms with Crippen LogP contribution in [-0.2, 0) is 4.79 Å². The summed E-state index contributed by atoms with van der Waals surface area (Å²) in [5.74, 6) is 0.000378. The maximum absolute atomic E-state index is 11.9. The number of piperazine rings is 1. The van der Waals surface area contributed by atoms with Gasteiger partial charge in [0.1, 0.15) is 0 Å². The number of hydrogen-bond acceptors (Lipinski definition) is 4. The van der Waals surface area contributed by atoms with E-state index in [1.807, 2.05) is 0 Å². The van der Waals surface area contributed by atoms with Crippen molar-refractivity contribution in [2.24, 2.45) is 5.73 Å². The Bertz CT molecular complexity index is 270. The first-order chi connectivity index (χ1) is 7.59. The Kier molecular flexibility index (Phi) is 4.17. The van der Waals surface area contributed by atoms with Crippen LogP contribution in [0.25, 0.3) is 0 Å². The first-order valence-electron chi connectivity index (χ1n) is 6.12. The first kappa shape index (κ1) is 14.4. The van der Waals surface area contributed by atoms with E-state index in [1.165, 1.54) is 0 Å². The Morgan fingerprint density at radius 3 is 2.00 bits per heavy atom. The van der Waals surface area contributed by atoms with Crippen LogP contribution in [0, 0.1) is 0 Å². The lowest BCUT2D eigenvalue weighted by Gasteiger charge is -2.39. The molecule has 0 atom stereocenters. The van der Waals surface area contributed by atoms with Crippen LogP contribution in [0.15, 0.2) is 0 Å². The van der Waals surface area contributed by atoms with E-state index >= 15 is 0 Å². The zero-order valence-electron chi connectivity index (χ0n) is 11.4. The second-order valence-electron chi connectivity index (χ2n) is 6.10. The third-order valence-corrected chi connectivity index (χ3v) is 2.82. The zero-order chi connectivity index (χ0) is 13.3. The maximum Gasteiger partial charge on any atom is 0.242 e. The molecule has 0 radical (unpaired) electrons. The van der Waals surface area contributed by atoms with Gasteiger partial charge in [-0.05, 0) is 27.7 Å². The molecule has 1 heterocycles. The molecule has 5 heteroatoms. The van der Waals surface area contributed by atoms with Crippen LogP contribution in [0.1, 0.15) is 27.7 Å². The number of carbonyl (C=O) groups excluding carboxylic acids is 1. The summed E-state index contributed by atoms with van der Waals surface area (Å²) in [4.78, 5) is 15.9. The number of amides is 1. The largest absolute Gasteiger partial charge is 0.389 e. The summed E-state index contributed by atoms with van der Waals surface area (Å²) >= 11 is 0. The molecule has 1 aliphatic rings. The maximum atomic E-state index is 11.9. The lowest BCUT2D eigenvalue weighted by atomic mass is 10.0. The van der Waals surface area contributed by atoms with E-state index in [2.05, 4.69) is 4.90 Å². The third kappa shape index (κ3) is 4.61. The SMILES string of the molecule is CC(C)(O)CN1CCN(C(=O)C(C)(C)N)CC1. The zero-order valence-corrected chi connectivity index (χ0v) is 11.4. The minimum atomic E-state index is -0.793. The van der Waals surface area contributed by atoms with E-state index in [-0.39, 0.29) is 5.91 Å². The molecule has 5 nitrogen and oxygen atoms in total. The highest BCUT2D eigenvalue weighted by molar-refractivity contribution is 5.85. The van der Waals surface area contributed by atoms with Gasteiger partial charge in [-0.15, -0.1) is 0 Å². The number of rotatable bonds is 3. The predicted octanol–water partition coefficient (Wildman–Crippen LogP) is -0.361. The fraction of sp³-hybridized carbons (Fsp3) is 0.917. The van der Waals surface area contributed by atoms with Gasteiger partial charge in [-0.3, -0.25) is 9.69 Å². The molecule has 100 valence electrons. The van der Waals surface area contributed by atoms with E-state index < -0.39 is 11.1 Å². The molecule has 0 unspecified atom stereocenters. The molecule has 1 fully saturated rings. The quantitative estimate of drug-likeness (QED) is 0.710. The van der Waals surface area contributed by atoms with Gasteiger partial charge in [0, 0.05) is 32.7 Å². The fourth-order valence-electron chi connectivity index (χ4n) is 2.06. The van der Waals surface area contributed by atoms with Crippen molar-refractivity contribution in [1.29, 1.82) is 0 Å². The smallest absolute Gasteiger partial charge is 0.242 e. The van der Waals surface area contributed by atoms with Gasteiger partial charge in [-0.2, -0.15) is 0 Å². The molecule has 0 aliphatic carbocycles. The summed E-state index contributed by atoms with van der Waals surface area (Å²) in [6.07, 6.45) is 0. The molecule has 1 amide bonds. The summed E-state index contributed by atoms with van der Waals surface area (Å²) in [6, 6.07) is 0. The van der Waals surface area contributed by atoms with Gasteiger partial charge in [0.25, 0.3) is 0 Å². The van der Waals surface area contributed by atoms with Gasteiger partial charge in [0.2, 0.25) is 5.91 Å². The molecule has 3 N–H and O–H groups in total. The number of nitrogens with two attached hydrogens (primary N) is 1. The van der Waals surface area contributed by atoms with Crippen molar-refractivity contribution >= 4 is 5.91 Å². The highest BCUT2D eigenvalue weighted by Crippen LogP contribution is 2.11. The van der Waals surface area contributed by atoms with Gasteiger partial charge >= 0.3 is 0 Å². The van der Waals surface area contributed by atoms with E-state index in [1.54, 1.807) is 32.6 Å². The molecule has 0 aromatic rings. The molecular weight excluding hydrogens is 218 g/mol. The second kappa shape index (κ2) is 4.92. The predicted molar refractivity (Wildman–Crippen MR) is 67.6 cm³/mol. The summed E-state index contributed by atoms with van der Waals surface area (Å²) < 4.78 is 0. The van der Waals surface area contributed by atoms with Gasteiger partial charge in [-0.1, -0.05) is 0 Å². The van der Waals surface area contributed by atoms with Crippen LogP contribution in [0.5, 0.6) is 0 Å². The minimum Gasteiger partial charge on any atom is -0.389 e. The van der Waals surface area contributed by atoms with Crippen molar-refractivity contribution in [3.05, 3.63) is 0 Å². The van der Waals surface area contributed by atoms with Gasteiger partial charge in [0.05, 0.1) is 11.1 Å². The Morgan fingerprint density at radius 1 is 1.18 bits per heavy atom. The lowest BCUT2D eigenvalue weighted by molar-refractivity contribution is -0.137. The lowest BCUT2D eigenvalue weighted by Crippen LogP contribution is -2.58. The summed E-state index contributed by atoms with van der Waals surface area (Å²) in [5.41, 5.74) is 4.33. The van der Waals surface area contributed by atoms with E-state index in [9.17, 15) is 9.90 Å². The summed E-state index contributed by atoms with van der Waals surface area (Å²) in [5, 5.41) is 9.73. The van der Waals surface area contributed by atoms with Crippen LogP contribution < -0.4 is 5.73 Å². The van der Waals surface area contributed by atoms with Crippen LogP contribution in [0.4, 0.5) is 0 Å². The standard InChI is InChI=1S/C12H25N3O2/c1-11(2,17)9-14-5-7-15(8-6-14)10(16)12(3,4)13/h17H,5-9,13H2,1-4H3. The van der Waals surface area contributed by atoms with E-state index in [0.29, 0.717) is 19.6 Å². The Hall–Kier alpha value is -0.650. The minimum absolute atomic E-state index is 0.000378. The Balaban J connectivity index is 2.44. The molecular formula is C12H25N3O2. The topological polar surface area (TPSA) is 69.8 Å². The number of nitrogens with zero attached hydrogens (tertiary/aromatic N) is 2. The monoisotopic (exact) mass is 243 g/mol. The molecule has 0 saturated carbocycles. The summed E-state index contributed by atoms with van der Waals surface area (Å²) in [7, 11) is 0. The molecule has 1 rings (SSSR count). The molecule has 17 heavy (non-hydrogen) atoms. The van der Waals surface area contributed by atoms with E-state index in [0.717, 1.165) is 13.1 Å². The van der Waals surface area contributed by atoms with Crippen LogP contribution in [-0.4, -0.2) is 64.7 Å².